The minimum atomic E-state index is -0.425. The number of hydrogen-bond donors (Lipinski definition) is 0. The largest absolute Gasteiger partial charge is 0.393 e. The van der Waals surface area contributed by atoms with Gasteiger partial charge in [0.1, 0.15) is 0 Å². The van der Waals surface area contributed by atoms with Gasteiger partial charge in [-0.25, -0.2) is 0 Å². The molecule has 0 aliphatic carbocycles. The topological polar surface area (TPSA) is 43.4 Å². The maximum absolute atomic E-state index is 11.1. The third-order valence-electron chi connectivity index (χ3n) is 2.21. The van der Waals surface area contributed by atoms with Gasteiger partial charge >= 0.3 is 11.9 Å². The quantitative estimate of drug-likeness (QED) is 0.378. The summed E-state index contributed by atoms with van der Waals surface area (Å²) in [6.45, 7) is 5.88. The zero-order valence-corrected chi connectivity index (χ0v) is 7.84. The Kier molecular flexibility index (Phi) is 3.23. The Balaban J connectivity index is 2.47. The molecule has 3 nitrogen and oxygen atoms in total. The van der Waals surface area contributed by atoms with Crippen molar-refractivity contribution < 1.29 is 14.3 Å². The number of cyclic esters (lactones) is 2. The molecule has 0 bridgehead atoms. The molecular weight excluding hydrogens is 168 g/mol. The smallest absolute Gasteiger partial charge is 0.321 e. The van der Waals surface area contributed by atoms with E-state index in [1.807, 2.05) is 0 Å². The molecular formula is C10H14O3. The van der Waals surface area contributed by atoms with Gasteiger partial charge in [0.25, 0.3) is 0 Å². The van der Waals surface area contributed by atoms with Crippen LogP contribution in [0.3, 0.4) is 0 Å². The Morgan fingerprint density at radius 2 is 2.31 bits per heavy atom. The molecule has 1 aliphatic rings. The predicted molar refractivity (Wildman–Crippen MR) is 47.9 cm³/mol. The van der Waals surface area contributed by atoms with Crippen molar-refractivity contribution in [2.24, 2.45) is 5.92 Å². The van der Waals surface area contributed by atoms with Crippen LogP contribution in [0.1, 0.15) is 32.6 Å². The summed E-state index contributed by atoms with van der Waals surface area (Å²) in [6.07, 6.45) is 3.07. The van der Waals surface area contributed by atoms with Crippen LogP contribution in [0, 0.1) is 5.92 Å². The van der Waals surface area contributed by atoms with Crippen LogP contribution in [-0.4, -0.2) is 11.9 Å². The molecule has 72 valence electrons. The van der Waals surface area contributed by atoms with E-state index in [1.54, 1.807) is 0 Å². The number of rotatable bonds is 4. The van der Waals surface area contributed by atoms with Crippen molar-refractivity contribution in [1.29, 1.82) is 0 Å². The SMILES string of the molecule is C=C(CCCC)C1CC(=O)OC1=O. The monoisotopic (exact) mass is 182 g/mol. The molecule has 1 aliphatic heterocycles. The maximum atomic E-state index is 11.1. The lowest BCUT2D eigenvalue weighted by Crippen LogP contribution is -2.09. The second-order valence-electron chi connectivity index (χ2n) is 3.31. The lowest BCUT2D eigenvalue weighted by atomic mass is 9.95. The van der Waals surface area contributed by atoms with Gasteiger partial charge in [0.05, 0.1) is 12.3 Å². The van der Waals surface area contributed by atoms with Gasteiger partial charge in [-0.2, -0.15) is 0 Å². The Labute approximate surface area is 77.8 Å². The number of carbonyl (C=O) groups excluding carboxylic acids is 2. The summed E-state index contributed by atoms with van der Waals surface area (Å²) in [5, 5.41) is 0. The first-order valence-electron chi connectivity index (χ1n) is 4.57. The standard InChI is InChI=1S/C10H14O3/c1-3-4-5-7(2)8-6-9(11)13-10(8)12/h8H,2-6H2,1H3. The zero-order chi connectivity index (χ0) is 9.84. The Morgan fingerprint density at radius 3 is 2.77 bits per heavy atom. The lowest BCUT2D eigenvalue weighted by molar-refractivity contribution is -0.152. The van der Waals surface area contributed by atoms with E-state index in [4.69, 9.17) is 0 Å². The minimum Gasteiger partial charge on any atom is -0.393 e. The molecule has 0 amide bonds. The van der Waals surface area contributed by atoms with Gasteiger partial charge in [-0.3, -0.25) is 9.59 Å². The molecule has 0 N–H and O–H groups in total. The molecule has 0 radical (unpaired) electrons. The highest BCUT2D eigenvalue weighted by Crippen LogP contribution is 2.25. The number of carbonyl (C=O) groups is 2. The van der Waals surface area contributed by atoms with Crippen LogP contribution in [0.15, 0.2) is 12.2 Å². The highest BCUT2D eigenvalue weighted by atomic mass is 16.6. The number of esters is 2. The Morgan fingerprint density at radius 1 is 1.62 bits per heavy atom. The summed E-state index contributed by atoms with van der Waals surface area (Å²) in [5.41, 5.74) is 0.831. The van der Waals surface area contributed by atoms with E-state index in [1.165, 1.54) is 0 Å². The van der Waals surface area contributed by atoms with Crippen molar-refractivity contribution in [3.8, 4) is 0 Å². The van der Waals surface area contributed by atoms with Crippen molar-refractivity contribution >= 4 is 11.9 Å². The van der Waals surface area contributed by atoms with E-state index in [0.29, 0.717) is 0 Å². The van der Waals surface area contributed by atoms with Gasteiger partial charge in [-0.05, 0) is 12.8 Å². The third-order valence-corrected chi connectivity index (χ3v) is 2.21. The molecule has 1 unspecified atom stereocenters. The van der Waals surface area contributed by atoms with Crippen molar-refractivity contribution in [3.05, 3.63) is 12.2 Å². The van der Waals surface area contributed by atoms with Gasteiger partial charge in [0.2, 0.25) is 0 Å². The minimum absolute atomic E-state index is 0.182. The van der Waals surface area contributed by atoms with E-state index >= 15 is 0 Å². The fourth-order valence-corrected chi connectivity index (χ4v) is 1.36. The number of unbranched alkanes of at least 4 members (excludes halogenated alkanes) is 1. The van der Waals surface area contributed by atoms with Gasteiger partial charge in [-0.1, -0.05) is 25.5 Å². The van der Waals surface area contributed by atoms with Crippen LogP contribution in [0.25, 0.3) is 0 Å². The van der Waals surface area contributed by atoms with Gasteiger partial charge in [0.15, 0.2) is 0 Å². The van der Waals surface area contributed by atoms with E-state index in [-0.39, 0.29) is 12.3 Å². The molecule has 0 aromatic heterocycles. The second kappa shape index (κ2) is 4.21. The maximum Gasteiger partial charge on any atom is 0.321 e. The van der Waals surface area contributed by atoms with E-state index in [0.717, 1.165) is 24.8 Å². The van der Waals surface area contributed by atoms with Gasteiger partial charge in [0, 0.05) is 0 Å². The summed E-state index contributed by atoms with van der Waals surface area (Å²) >= 11 is 0. The van der Waals surface area contributed by atoms with Crippen LogP contribution < -0.4 is 0 Å². The fourth-order valence-electron chi connectivity index (χ4n) is 1.36. The highest BCUT2D eigenvalue weighted by molar-refractivity contribution is 5.96. The fraction of sp³-hybridized carbons (Fsp3) is 0.600. The van der Waals surface area contributed by atoms with E-state index < -0.39 is 11.9 Å². The molecule has 1 rings (SSSR count). The van der Waals surface area contributed by atoms with Crippen molar-refractivity contribution in [2.45, 2.75) is 32.6 Å². The van der Waals surface area contributed by atoms with Crippen molar-refractivity contribution in [1.82, 2.24) is 0 Å². The van der Waals surface area contributed by atoms with Crippen molar-refractivity contribution in [2.75, 3.05) is 0 Å². The third kappa shape index (κ3) is 2.41. The first-order valence-corrected chi connectivity index (χ1v) is 4.57. The molecule has 0 aromatic carbocycles. The second-order valence-corrected chi connectivity index (χ2v) is 3.31. The van der Waals surface area contributed by atoms with Gasteiger partial charge < -0.3 is 4.74 Å². The zero-order valence-electron chi connectivity index (χ0n) is 7.84. The summed E-state index contributed by atoms with van der Waals surface area (Å²) in [4.78, 5) is 21.8. The Bertz CT molecular complexity index is 243. The molecule has 3 heteroatoms. The molecule has 1 heterocycles. The normalized spacial score (nSPS) is 21.8. The molecule has 0 saturated carbocycles. The first kappa shape index (κ1) is 9.96. The Hall–Kier alpha value is -1.12. The molecule has 1 atom stereocenters. The molecule has 1 fully saturated rings. The molecule has 0 aromatic rings. The first-order chi connectivity index (χ1) is 6.15. The molecule has 13 heavy (non-hydrogen) atoms. The number of ether oxygens (including phenoxy) is 1. The van der Waals surface area contributed by atoms with E-state index in [2.05, 4.69) is 18.2 Å². The molecule has 0 spiro atoms. The van der Waals surface area contributed by atoms with Crippen LogP contribution in [0.5, 0.6) is 0 Å². The molecule has 1 saturated heterocycles. The van der Waals surface area contributed by atoms with E-state index in [9.17, 15) is 9.59 Å². The average molecular weight is 182 g/mol. The van der Waals surface area contributed by atoms with Crippen molar-refractivity contribution in [3.63, 3.8) is 0 Å². The van der Waals surface area contributed by atoms with Crippen LogP contribution in [0.2, 0.25) is 0 Å². The van der Waals surface area contributed by atoms with Gasteiger partial charge in [-0.15, -0.1) is 0 Å². The van der Waals surface area contributed by atoms with Crippen LogP contribution in [-0.2, 0) is 14.3 Å². The number of hydrogen-bond acceptors (Lipinski definition) is 3. The lowest BCUT2D eigenvalue weighted by Gasteiger charge is -2.07. The predicted octanol–water partition coefficient (Wildman–Crippen LogP) is 1.82. The highest BCUT2D eigenvalue weighted by Gasteiger charge is 2.34. The summed E-state index contributed by atoms with van der Waals surface area (Å²) in [5.74, 6) is -1.22. The summed E-state index contributed by atoms with van der Waals surface area (Å²) in [7, 11) is 0. The van der Waals surface area contributed by atoms with Crippen LogP contribution >= 0.6 is 0 Å². The summed E-state index contributed by atoms with van der Waals surface area (Å²) < 4.78 is 4.44. The van der Waals surface area contributed by atoms with Crippen LogP contribution in [0.4, 0.5) is 0 Å². The average Bonchev–Trinajstić information content (AvgIpc) is 2.41. The summed E-state index contributed by atoms with van der Waals surface area (Å²) in [6, 6.07) is 0.